The molecule has 1 saturated heterocycles. The maximum atomic E-state index is 12.6. The second kappa shape index (κ2) is 6.46. The van der Waals surface area contributed by atoms with Crippen molar-refractivity contribution in [3.8, 4) is 0 Å². The Bertz CT molecular complexity index is 517. The van der Waals surface area contributed by atoms with Gasteiger partial charge in [0, 0.05) is 37.2 Å². The Morgan fingerprint density at radius 3 is 2.43 bits per heavy atom. The van der Waals surface area contributed by atoms with Gasteiger partial charge in [0.05, 0.1) is 11.2 Å². The molecule has 5 heteroatoms. The number of amides is 1. The molecule has 0 bridgehead atoms. The number of benzene rings is 1. The molecule has 2 rings (SSSR count). The summed E-state index contributed by atoms with van der Waals surface area (Å²) >= 11 is 3.47. The molecular weight excluding hydrogens is 332 g/mol. The van der Waals surface area contributed by atoms with E-state index in [0.29, 0.717) is 19.6 Å². The maximum Gasteiger partial charge on any atom is 0.255 e. The normalized spacial score (nSPS) is 17.1. The predicted molar refractivity (Wildman–Crippen MR) is 87.5 cm³/mol. The van der Waals surface area contributed by atoms with E-state index < -0.39 is 5.60 Å². The maximum absolute atomic E-state index is 12.6. The summed E-state index contributed by atoms with van der Waals surface area (Å²) in [5.41, 5.74) is 1.16. The standard InChI is InChI=1S/C16H23BrN2O2/c1-12-4-5-13(14(17)10-12)15(20)19-8-6-18(7-9-19)11-16(2,3)21/h4-5,10,21H,6-9,11H2,1-3H3. The molecule has 1 aromatic carbocycles. The van der Waals surface area contributed by atoms with Gasteiger partial charge >= 0.3 is 0 Å². The zero-order chi connectivity index (χ0) is 15.6. The minimum Gasteiger partial charge on any atom is -0.389 e. The quantitative estimate of drug-likeness (QED) is 0.905. The number of hydrogen-bond donors (Lipinski definition) is 1. The lowest BCUT2D eigenvalue weighted by atomic mass is 10.1. The zero-order valence-electron chi connectivity index (χ0n) is 12.9. The molecule has 21 heavy (non-hydrogen) atoms. The average Bonchev–Trinajstić information content (AvgIpc) is 2.37. The number of β-amino-alcohol motifs (C(OH)–C–C–N with tert-alkyl or cyclic N) is 1. The Labute approximate surface area is 134 Å². The van der Waals surface area contributed by atoms with Gasteiger partial charge < -0.3 is 10.0 Å². The van der Waals surface area contributed by atoms with Crippen molar-refractivity contribution in [2.45, 2.75) is 26.4 Å². The summed E-state index contributed by atoms with van der Waals surface area (Å²) in [7, 11) is 0. The molecule has 1 fully saturated rings. The number of hydrogen-bond acceptors (Lipinski definition) is 3. The van der Waals surface area contributed by atoms with Gasteiger partial charge in [0.15, 0.2) is 0 Å². The highest BCUT2D eigenvalue weighted by molar-refractivity contribution is 9.10. The summed E-state index contributed by atoms with van der Waals surface area (Å²) in [5, 5.41) is 9.86. The van der Waals surface area contributed by atoms with Crippen molar-refractivity contribution in [3.05, 3.63) is 33.8 Å². The van der Waals surface area contributed by atoms with Gasteiger partial charge in [-0.1, -0.05) is 6.07 Å². The van der Waals surface area contributed by atoms with Crippen molar-refractivity contribution < 1.29 is 9.90 Å². The molecule has 1 amide bonds. The van der Waals surface area contributed by atoms with Gasteiger partial charge in [-0.05, 0) is 54.4 Å². The van der Waals surface area contributed by atoms with Crippen LogP contribution in [-0.4, -0.2) is 59.1 Å². The third-order valence-corrected chi connectivity index (χ3v) is 4.28. The van der Waals surface area contributed by atoms with Crippen molar-refractivity contribution in [1.29, 1.82) is 0 Å². The summed E-state index contributed by atoms with van der Waals surface area (Å²) in [5.74, 6) is 0.0739. The van der Waals surface area contributed by atoms with Crippen molar-refractivity contribution >= 4 is 21.8 Å². The van der Waals surface area contributed by atoms with E-state index in [4.69, 9.17) is 0 Å². The van der Waals surface area contributed by atoms with E-state index in [2.05, 4.69) is 20.8 Å². The first-order valence-corrected chi connectivity index (χ1v) is 8.06. The summed E-state index contributed by atoms with van der Waals surface area (Å²) in [6.45, 7) is 9.29. The van der Waals surface area contributed by atoms with Crippen LogP contribution in [0.4, 0.5) is 0 Å². The van der Waals surface area contributed by atoms with Gasteiger partial charge in [-0.3, -0.25) is 9.69 Å². The minimum atomic E-state index is -0.688. The third-order valence-electron chi connectivity index (χ3n) is 3.63. The van der Waals surface area contributed by atoms with E-state index in [1.165, 1.54) is 0 Å². The van der Waals surface area contributed by atoms with E-state index >= 15 is 0 Å². The fourth-order valence-corrected chi connectivity index (χ4v) is 3.28. The van der Waals surface area contributed by atoms with Crippen LogP contribution in [0.5, 0.6) is 0 Å². The van der Waals surface area contributed by atoms with Crippen LogP contribution in [0.1, 0.15) is 29.8 Å². The number of carbonyl (C=O) groups is 1. The number of halogens is 1. The molecule has 0 saturated carbocycles. The van der Waals surface area contributed by atoms with Gasteiger partial charge in [-0.25, -0.2) is 0 Å². The first-order valence-electron chi connectivity index (χ1n) is 7.26. The Hall–Kier alpha value is -0.910. The lowest BCUT2D eigenvalue weighted by molar-refractivity contribution is 0.0178. The van der Waals surface area contributed by atoms with Crippen molar-refractivity contribution in [1.82, 2.24) is 9.80 Å². The highest BCUT2D eigenvalue weighted by atomic mass is 79.9. The topological polar surface area (TPSA) is 43.8 Å². The SMILES string of the molecule is Cc1ccc(C(=O)N2CCN(CC(C)(C)O)CC2)c(Br)c1. The molecule has 0 radical (unpaired) electrons. The van der Waals surface area contributed by atoms with Crippen LogP contribution in [0, 0.1) is 6.92 Å². The second-order valence-corrected chi connectivity index (χ2v) is 7.22. The van der Waals surface area contributed by atoms with Crippen LogP contribution < -0.4 is 0 Å². The van der Waals surface area contributed by atoms with Crippen LogP contribution in [-0.2, 0) is 0 Å². The lowest BCUT2D eigenvalue weighted by Crippen LogP contribution is -2.52. The number of aryl methyl sites for hydroxylation is 1. The number of carbonyl (C=O) groups excluding carboxylic acids is 1. The molecule has 1 aliphatic heterocycles. The van der Waals surface area contributed by atoms with Crippen LogP contribution >= 0.6 is 15.9 Å². The molecule has 1 aromatic rings. The molecule has 1 aliphatic rings. The number of piperazine rings is 1. The Morgan fingerprint density at radius 2 is 1.90 bits per heavy atom. The van der Waals surface area contributed by atoms with Crippen LogP contribution in [0.15, 0.2) is 22.7 Å². The van der Waals surface area contributed by atoms with Gasteiger partial charge in [0.25, 0.3) is 5.91 Å². The predicted octanol–water partition coefficient (Wildman–Crippen LogP) is 2.29. The first kappa shape index (κ1) is 16.5. The van der Waals surface area contributed by atoms with Crippen molar-refractivity contribution in [2.24, 2.45) is 0 Å². The molecule has 1 N–H and O–H groups in total. The Balaban J connectivity index is 1.97. The fourth-order valence-electron chi connectivity index (χ4n) is 2.62. The van der Waals surface area contributed by atoms with Crippen LogP contribution in [0.2, 0.25) is 0 Å². The molecule has 0 aliphatic carbocycles. The molecule has 0 spiro atoms. The Kier molecular flexibility index (Phi) is 5.07. The van der Waals surface area contributed by atoms with E-state index in [1.807, 2.05) is 43.9 Å². The van der Waals surface area contributed by atoms with Gasteiger partial charge in [-0.15, -0.1) is 0 Å². The van der Waals surface area contributed by atoms with Crippen molar-refractivity contribution in [3.63, 3.8) is 0 Å². The number of aliphatic hydroxyl groups is 1. The van der Waals surface area contributed by atoms with Gasteiger partial charge in [0.2, 0.25) is 0 Å². The number of nitrogens with zero attached hydrogens (tertiary/aromatic N) is 2. The van der Waals surface area contributed by atoms with E-state index in [-0.39, 0.29) is 5.91 Å². The summed E-state index contributed by atoms with van der Waals surface area (Å²) in [6.07, 6.45) is 0. The fraction of sp³-hybridized carbons (Fsp3) is 0.562. The largest absolute Gasteiger partial charge is 0.389 e. The molecule has 4 nitrogen and oxygen atoms in total. The number of rotatable bonds is 3. The van der Waals surface area contributed by atoms with Crippen molar-refractivity contribution in [2.75, 3.05) is 32.7 Å². The van der Waals surface area contributed by atoms with E-state index in [0.717, 1.165) is 28.7 Å². The second-order valence-electron chi connectivity index (χ2n) is 6.36. The molecule has 0 atom stereocenters. The molecule has 0 unspecified atom stereocenters. The lowest BCUT2D eigenvalue weighted by Gasteiger charge is -2.37. The van der Waals surface area contributed by atoms with E-state index in [1.54, 1.807) is 0 Å². The van der Waals surface area contributed by atoms with Gasteiger partial charge in [-0.2, -0.15) is 0 Å². The zero-order valence-corrected chi connectivity index (χ0v) is 14.5. The van der Waals surface area contributed by atoms with Crippen LogP contribution in [0.3, 0.4) is 0 Å². The smallest absolute Gasteiger partial charge is 0.255 e. The Morgan fingerprint density at radius 1 is 1.29 bits per heavy atom. The highest BCUT2D eigenvalue weighted by Crippen LogP contribution is 2.21. The van der Waals surface area contributed by atoms with Crippen LogP contribution in [0.25, 0.3) is 0 Å². The third kappa shape index (κ3) is 4.53. The first-order chi connectivity index (χ1) is 9.76. The molecular formula is C16H23BrN2O2. The monoisotopic (exact) mass is 354 g/mol. The minimum absolute atomic E-state index is 0.0739. The summed E-state index contributed by atoms with van der Waals surface area (Å²) in [4.78, 5) is 16.6. The molecule has 0 aromatic heterocycles. The summed E-state index contributed by atoms with van der Waals surface area (Å²) < 4.78 is 0.853. The van der Waals surface area contributed by atoms with E-state index in [9.17, 15) is 9.90 Å². The van der Waals surface area contributed by atoms with Gasteiger partial charge in [0.1, 0.15) is 0 Å². The summed E-state index contributed by atoms with van der Waals surface area (Å²) in [6, 6.07) is 5.81. The highest BCUT2D eigenvalue weighted by Gasteiger charge is 2.26. The average molecular weight is 355 g/mol. The molecule has 1 heterocycles. The molecule has 116 valence electrons.